The molecule has 118 valence electrons. The van der Waals surface area contributed by atoms with Gasteiger partial charge in [0, 0.05) is 22.6 Å². The Hall–Kier alpha value is -1.63. The third kappa shape index (κ3) is 4.19. The van der Waals surface area contributed by atoms with Crippen molar-refractivity contribution in [2.75, 3.05) is 13.2 Å². The molecule has 2 aromatic rings. The number of nitrogens with two attached hydrogens (primary N) is 1. The molecule has 1 amide bonds. The predicted octanol–water partition coefficient (Wildman–Crippen LogP) is 2.93. The van der Waals surface area contributed by atoms with E-state index in [0.717, 1.165) is 10.7 Å². The van der Waals surface area contributed by atoms with Crippen LogP contribution in [0.2, 0.25) is 5.02 Å². The lowest BCUT2D eigenvalue weighted by Gasteiger charge is -2.14. The van der Waals surface area contributed by atoms with Crippen molar-refractivity contribution in [1.29, 1.82) is 0 Å². The standard InChI is InChI=1S/C15H18ClN3O2S/c1-9-8-22-15(18-9)10(2)19-14(20)12-7-11(16)3-4-13(12)21-6-5-17/h3-4,7-8,10H,5-6,17H2,1-2H3,(H,19,20). The van der Waals surface area contributed by atoms with E-state index in [9.17, 15) is 4.79 Å². The van der Waals surface area contributed by atoms with Crippen LogP contribution in [0.1, 0.15) is 34.0 Å². The number of hydrogen-bond donors (Lipinski definition) is 2. The van der Waals surface area contributed by atoms with Crippen molar-refractivity contribution in [1.82, 2.24) is 10.3 Å². The largest absolute Gasteiger partial charge is 0.491 e. The number of nitrogens with one attached hydrogen (secondary N) is 1. The molecule has 0 spiro atoms. The summed E-state index contributed by atoms with van der Waals surface area (Å²) in [6, 6.07) is 4.75. The molecule has 0 aliphatic rings. The Balaban J connectivity index is 2.15. The van der Waals surface area contributed by atoms with Gasteiger partial charge < -0.3 is 15.8 Å². The lowest BCUT2D eigenvalue weighted by Crippen LogP contribution is -2.27. The molecule has 1 unspecified atom stereocenters. The Morgan fingerprint density at radius 3 is 2.95 bits per heavy atom. The molecule has 1 aromatic carbocycles. The summed E-state index contributed by atoms with van der Waals surface area (Å²) in [7, 11) is 0. The van der Waals surface area contributed by atoms with E-state index in [1.165, 1.54) is 11.3 Å². The van der Waals surface area contributed by atoms with Crippen LogP contribution >= 0.6 is 22.9 Å². The number of aryl methyl sites for hydroxylation is 1. The molecule has 1 aromatic heterocycles. The summed E-state index contributed by atoms with van der Waals surface area (Å²) in [5.41, 5.74) is 6.76. The van der Waals surface area contributed by atoms with E-state index in [0.29, 0.717) is 29.5 Å². The predicted molar refractivity (Wildman–Crippen MR) is 88.7 cm³/mol. The van der Waals surface area contributed by atoms with Gasteiger partial charge in [-0.25, -0.2) is 4.98 Å². The highest BCUT2D eigenvalue weighted by atomic mass is 35.5. The first kappa shape index (κ1) is 16.7. The maximum absolute atomic E-state index is 12.5. The van der Waals surface area contributed by atoms with Crippen LogP contribution in [0.15, 0.2) is 23.6 Å². The average molecular weight is 340 g/mol. The van der Waals surface area contributed by atoms with Gasteiger partial charge in [0.05, 0.1) is 11.6 Å². The summed E-state index contributed by atoms with van der Waals surface area (Å²) in [6.45, 7) is 4.52. The van der Waals surface area contributed by atoms with E-state index >= 15 is 0 Å². The number of thiazole rings is 1. The number of aromatic nitrogens is 1. The second kappa shape index (κ2) is 7.58. The molecule has 0 aliphatic heterocycles. The van der Waals surface area contributed by atoms with Gasteiger partial charge >= 0.3 is 0 Å². The van der Waals surface area contributed by atoms with E-state index < -0.39 is 0 Å². The second-order valence-corrected chi connectivity index (χ2v) is 6.13. The fourth-order valence-corrected chi connectivity index (χ4v) is 2.86. The van der Waals surface area contributed by atoms with E-state index in [-0.39, 0.29) is 11.9 Å². The fraction of sp³-hybridized carbons (Fsp3) is 0.333. The van der Waals surface area contributed by atoms with Gasteiger partial charge in [0.2, 0.25) is 0 Å². The van der Waals surface area contributed by atoms with Crippen molar-refractivity contribution in [3.63, 3.8) is 0 Å². The zero-order valence-corrected chi connectivity index (χ0v) is 14.0. The third-order valence-corrected chi connectivity index (χ3v) is 4.30. The zero-order valence-electron chi connectivity index (χ0n) is 12.4. The highest BCUT2D eigenvalue weighted by molar-refractivity contribution is 7.09. The number of amides is 1. The quantitative estimate of drug-likeness (QED) is 0.848. The van der Waals surface area contributed by atoms with E-state index in [2.05, 4.69) is 10.3 Å². The molecule has 0 fully saturated rings. The lowest BCUT2D eigenvalue weighted by atomic mass is 10.1. The molecule has 22 heavy (non-hydrogen) atoms. The number of hydrogen-bond acceptors (Lipinski definition) is 5. The van der Waals surface area contributed by atoms with Gasteiger partial charge in [-0.2, -0.15) is 0 Å². The Kier molecular flexibility index (Phi) is 5.76. The molecule has 2 rings (SSSR count). The Labute approximate surface area is 138 Å². The van der Waals surface area contributed by atoms with Gasteiger partial charge in [0.25, 0.3) is 5.91 Å². The summed E-state index contributed by atoms with van der Waals surface area (Å²) >= 11 is 7.50. The molecule has 3 N–H and O–H groups in total. The summed E-state index contributed by atoms with van der Waals surface area (Å²) in [5.74, 6) is 0.213. The number of rotatable bonds is 6. The smallest absolute Gasteiger partial charge is 0.255 e. The van der Waals surface area contributed by atoms with Gasteiger partial charge in [-0.1, -0.05) is 11.6 Å². The molecule has 1 atom stereocenters. The van der Waals surface area contributed by atoms with Crippen molar-refractivity contribution in [3.05, 3.63) is 44.9 Å². The first-order valence-corrected chi connectivity index (χ1v) is 8.12. The molecule has 7 heteroatoms. The number of benzene rings is 1. The van der Waals surface area contributed by atoms with Gasteiger partial charge in [-0.05, 0) is 32.0 Å². The minimum atomic E-state index is -0.255. The summed E-state index contributed by atoms with van der Waals surface area (Å²) < 4.78 is 5.50. The first-order chi connectivity index (χ1) is 10.5. The average Bonchev–Trinajstić information content (AvgIpc) is 2.92. The maximum atomic E-state index is 12.5. The lowest BCUT2D eigenvalue weighted by molar-refractivity contribution is 0.0936. The number of carbonyl (C=O) groups is 1. The number of nitrogens with zero attached hydrogens (tertiary/aromatic N) is 1. The van der Waals surface area contributed by atoms with Crippen LogP contribution in [0.3, 0.4) is 0 Å². The minimum absolute atomic E-state index is 0.187. The SMILES string of the molecule is Cc1csc(C(C)NC(=O)c2cc(Cl)ccc2OCCN)n1. The van der Waals surface area contributed by atoms with Crippen molar-refractivity contribution in [3.8, 4) is 5.75 Å². The van der Waals surface area contributed by atoms with Crippen LogP contribution in [0.5, 0.6) is 5.75 Å². The minimum Gasteiger partial charge on any atom is -0.491 e. The Morgan fingerprint density at radius 2 is 2.32 bits per heavy atom. The molecular formula is C15H18ClN3O2S. The summed E-state index contributed by atoms with van der Waals surface area (Å²) in [6.07, 6.45) is 0. The molecular weight excluding hydrogens is 322 g/mol. The van der Waals surface area contributed by atoms with E-state index in [4.69, 9.17) is 22.1 Å². The molecule has 0 saturated heterocycles. The van der Waals surface area contributed by atoms with Gasteiger partial charge in [0.15, 0.2) is 0 Å². The van der Waals surface area contributed by atoms with Gasteiger partial charge in [-0.3, -0.25) is 4.79 Å². The third-order valence-electron chi connectivity index (χ3n) is 2.92. The molecule has 0 saturated carbocycles. The highest BCUT2D eigenvalue weighted by Crippen LogP contribution is 2.24. The second-order valence-electron chi connectivity index (χ2n) is 4.80. The fourth-order valence-electron chi connectivity index (χ4n) is 1.88. The van der Waals surface area contributed by atoms with Gasteiger partial charge in [-0.15, -0.1) is 11.3 Å². The number of halogens is 1. The van der Waals surface area contributed by atoms with Crippen molar-refractivity contribution in [2.24, 2.45) is 5.73 Å². The first-order valence-electron chi connectivity index (χ1n) is 6.86. The highest BCUT2D eigenvalue weighted by Gasteiger charge is 2.18. The van der Waals surface area contributed by atoms with Crippen LogP contribution in [0.4, 0.5) is 0 Å². The normalized spacial score (nSPS) is 12.0. The van der Waals surface area contributed by atoms with Crippen molar-refractivity contribution < 1.29 is 9.53 Å². The number of carbonyl (C=O) groups excluding carboxylic acids is 1. The molecule has 0 bridgehead atoms. The summed E-state index contributed by atoms with van der Waals surface area (Å²) in [5, 5.41) is 6.19. The van der Waals surface area contributed by atoms with Crippen LogP contribution in [0, 0.1) is 6.92 Å². The van der Waals surface area contributed by atoms with Crippen LogP contribution in [0.25, 0.3) is 0 Å². The van der Waals surface area contributed by atoms with Crippen molar-refractivity contribution in [2.45, 2.75) is 19.9 Å². The zero-order chi connectivity index (χ0) is 16.1. The van der Waals surface area contributed by atoms with Crippen LogP contribution in [-0.2, 0) is 0 Å². The van der Waals surface area contributed by atoms with E-state index in [1.807, 2.05) is 19.2 Å². The van der Waals surface area contributed by atoms with E-state index in [1.54, 1.807) is 18.2 Å². The topological polar surface area (TPSA) is 77.2 Å². The molecule has 0 radical (unpaired) electrons. The van der Waals surface area contributed by atoms with Crippen molar-refractivity contribution >= 4 is 28.8 Å². The molecule has 5 nitrogen and oxygen atoms in total. The Morgan fingerprint density at radius 1 is 1.55 bits per heavy atom. The molecule has 0 aliphatic carbocycles. The maximum Gasteiger partial charge on any atom is 0.255 e. The van der Waals surface area contributed by atoms with Gasteiger partial charge in [0.1, 0.15) is 17.4 Å². The summed E-state index contributed by atoms with van der Waals surface area (Å²) in [4.78, 5) is 16.8. The monoisotopic (exact) mass is 339 g/mol. The van der Waals surface area contributed by atoms with Crippen LogP contribution in [-0.4, -0.2) is 24.0 Å². The Bertz CT molecular complexity index is 660. The van der Waals surface area contributed by atoms with Crippen LogP contribution < -0.4 is 15.8 Å². The number of ether oxygens (including phenoxy) is 1. The molecule has 1 heterocycles.